The van der Waals surface area contributed by atoms with Crippen molar-refractivity contribution in [2.45, 2.75) is 90.1 Å². The van der Waals surface area contributed by atoms with Gasteiger partial charge in [0.25, 0.3) is 0 Å². The van der Waals surface area contributed by atoms with Gasteiger partial charge in [0.2, 0.25) is 0 Å². The number of epoxide rings is 1. The van der Waals surface area contributed by atoms with Crippen LogP contribution in [0.1, 0.15) is 71.9 Å². The molecule has 8 heteroatoms. The van der Waals surface area contributed by atoms with Crippen LogP contribution >= 0.6 is 0 Å². The average Bonchev–Trinajstić information content (AvgIpc) is 3.58. The first-order chi connectivity index (χ1) is 19.5. The molecule has 0 unspecified atom stereocenters. The van der Waals surface area contributed by atoms with E-state index in [0.717, 1.165) is 43.9 Å². The Labute approximate surface area is 240 Å². The van der Waals surface area contributed by atoms with Crippen molar-refractivity contribution in [1.29, 1.82) is 0 Å². The van der Waals surface area contributed by atoms with Crippen LogP contribution in [0.4, 0.5) is 4.39 Å². The lowest BCUT2D eigenvalue weighted by Gasteiger charge is -2.58. The SMILES string of the molecule is CC1=C(CO)C(=O)O[C@@H]([C@@H](C)[C@H]2CC[C@H]3[C@@H]4C[C@H]5O[C@]56[C@@H](O)C=C(c5ccc(F)cn5)C(=O)[C@]6(C)[C@H]4CC[C@]23C)C1. The molecule has 3 saturated carbocycles. The smallest absolute Gasteiger partial charge is 0.336 e. The van der Waals surface area contributed by atoms with Gasteiger partial charge in [-0.05, 0) is 99.2 Å². The van der Waals surface area contributed by atoms with Gasteiger partial charge in [-0.3, -0.25) is 9.78 Å². The van der Waals surface area contributed by atoms with Crippen LogP contribution in [0.15, 0.2) is 35.6 Å². The molecule has 11 atom stereocenters. The van der Waals surface area contributed by atoms with Crippen LogP contribution in [-0.2, 0) is 19.1 Å². The van der Waals surface area contributed by atoms with E-state index >= 15 is 0 Å². The van der Waals surface area contributed by atoms with Crippen molar-refractivity contribution >= 4 is 17.3 Å². The zero-order valence-electron chi connectivity index (χ0n) is 24.2. The molecule has 4 fully saturated rings. The lowest BCUT2D eigenvalue weighted by molar-refractivity contribution is -0.155. The third-order valence-electron chi connectivity index (χ3n) is 12.7. The number of ketones is 1. The molecule has 3 heterocycles. The molecule has 1 aromatic heterocycles. The number of pyridine rings is 1. The Kier molecular flexibility index (Phi) is 6.05. The molecule has 1 saturated heterocycles. The van der Waals surface area contributed by atoms with Crippen LogP contribution in [-0.4, -0.2) is 57.5 Å². The second-order valence-corrected chi connectivity index (χ2v) is 14.1. The fraction of sp³-hybridized carbons (Fsp3) is 0.667. The summed E-state index contributed by atoms with van der Waals surface area (Å²) in [5.41, 5.74) is 0.288. The number of aromatic nitrogens is 1. The quantitative estimate of drug-likeness (QED) is 0.411. The topological polar surface area (TPSA) is 109 Å². The normalized spacial score (nSPS) is 45.6. The highest BCUT2D eigenvalue weighted by Gasteiger charge is 2.81. The minimum Gasteiger partial charge on any atom is -0.458 e. The Morgan fingerprint density at radius 1 is 1.17 bits per heavy atom. The van der Waals surface area contributed by atoms with E-state index in [4.69, 9.17) is 9.47 Å². The van der Waals surface area contributed by atoms with Gasteiger partial charge in [0.1, 0.15) is 23.6 Å². The number of nitrogens with zero attached hydrogens (tertiary/aromatic N) is 1. The summed E-state index contributed by atoms with van der Waals surface area (Å²) in [7, 11) is 0. The highest BCUT2D eigenvalue weighted by molar-refractivity contribution is 6.24. The number of allylic oxidation sites excluding steroid dienone is 1. The fourth-order valence-corrected chi connectivity index (χ4v) is 10.5. The van der Waals surface area contributed by atoms with Crippen molar-refractivity contribution in [1.82, 2.24) is 4.98 Å². The predicted octanol–water partition coefficient (Wildman–Crippen LogP) is 4.41. The standard InChI is InChI=1S/C33H40FNO6/c1-16-11-26(40-30(39)21(16)15-36)17(2)22-6-7-23-19-13-28-33(41-28)27(37)12-20(25-8-5-18(34)14-35-25)29(38)32(33,4)24(19)9-10-31(22,23)3/h5,8,12,14,17,19,22-24,26-28,36-37H,6-7,9-11,13,15H2,1-4H3/t17-,19-,22+,23-,24-,26+,27-,28+,31+,32-,33+/m0/s1. The van der Waals surface area contributed by atoms with E-state index in [1.807, 2.05) is 13.8 Å². The largest absolute Gasteiger partial charge is 0.458 e. The number of aliphatic hydroxyl groups excluding tert-OH is 2. The molecular weight excluding hydrogens is 525 g/mol. The fourth-order valence-electron chi connectivity index (χ4n) is 10.5. The molecule has 0 bridgehead atoms. The van der Waals surface area contributed by atoms with Crippen molar-refractivity contribution in [3.05, 3.63) is 47.1 Å². The van der Waals surface area contributed by atoms with Gasteiger partial charge in [-0.1, -0.05) is 19.4 Å². The Morgan fingerprint density at radius 3 is 2.63 bits per heavy atom. The molecule has 1 aromatic rings. The van der Waals surface area contributed by atoms with Gasteiger partial charge in [0.05, 0.1) is 35.6 Å². The van der Waals surface area contributed by atoms with Crippen LogP contribution in [0.5, 0.6) is 0 Å². The van der Waals surface area contributed by atoms with Crippen molar-refractivity contribution in [3.8, 4) is 0 Å². The van der Waals surface area contributed by atoms with Gasteiger partial charge in [-0.2, -0.15) is 0 Å². The van der Waals surface area contributed by atoms with Gasteiger partial charge >= 0.3 is 5.97 Å². The number of hydrogen-bond donors (Lipinski definition) is 2. The number of fused-ring (bicyclic) bond motifs is 4. The van der Waals surface area contributed by atoms with Gasteiger partial charge in [0, 0.05) is 12.0 Å². The van der Waals surface area contributed by atoms with Crippen molar-refractivity contribution in [2.75, 3.05) is 6.61 Å². The third-order valence-corrected chi connectivity index (χ3v) is 12.7. The number of rotatable bonds is 4. The first kappa shape index (κ1) is 27.4. The van der Waals surface area contributed by atoms with Crippen LogP contribution in [0, 0.1) is 46.2 Å². The summed E-state index contributed by atoms with van der Waals surface area (Å²) in [4.78, 5) is 31.2. The van der Waals surface area contributed by atoms with Gasteiger partial charge in [-0.25, -0.2) is 9.18 Å². The van der Waals surface area contributed by atoms with E-state index in [1.165, 1.54) is 12.1 Å². The van der Waals surface area contributed by atoms with Crippen LogP contribution in [0.25, 0.3) is 5.57 Å². The second kappa shape index (κ2) is 9.04. The van der Waals surface area contributed by atoms with Crippen LogP contribution < -0.4 is 0 Å². The maximum atomic E-state index is 14.4. The lowest BCUT2D eigenvalue weighted by atomic mass is 9.43. The van der Waals surface area contributed by atoms with E-state index < -0.39 is 28.9 Å². The third kappa shape index (κ3) is 3.50. The Morgan fingerprint density at radius 2 is 1.95 bits per heavy atom. The second-order valence-electron chi connectivity index (χ2n) is 14.1. The molecular formula is C33H40FNO6. The maximum Gasteiger partial charge on any atom is 0.336 e. The summed E-state index contributed by atoms with van der Waals surface area (Å²) >= 11 is 0. The molecule has 41 heavy (non-hydrogen) atoms. The number of carbonyl (C=O) groups excluding carboxylic acids is 2. The van der Waals surface area contributed by atoms with Crippen LogP contribution in [0.3, 0.4) is 0 Å². The molecule has 0 amide bonds. The van der Waals surface area contributed by atoms with Gasteiger partial charge in [-0.15, -0.1) is 0 Å². The highest BCUT2D eigenvalue weighted by Crippen LogP contribution is 2.73. The first-order valence-corrected chi connectivity index (χ1v) is 15.2. The van der Waals surface area contributed by atoms with Crippen molar-refractivity contribution in [3.63, 3.8) is 0 Å². The minimum absolute atomic E-state index is 0.0423. The summed E-state index contributed by atoms with van der Waals surface area (Å²) in [5, 5.41) is 21.0. The summed E-state index contributed by atoms with van der Waals surface area (Å²) < 4.78 is 25.9. The highest BCUT2D eigenvalue weighted by atomic mass is 19.1. The molecule has 4 aliphatic carbocycles. The van der Waals surface area contributed by atoms with Gasteiger partial charge in [0.15, 0.2) is 5.78 Å². The molecule has 7 nitrogen and oxygen atoms in total. The molecule has 1 spiro atoms. The van der Waals surface area contributed by atoms with Crippen molar-refractivity contribution < 1.29 is 33.7 Å². The lowest BCUT2D eigenvalue weighted by Crippen LogP contribution is -2.64. The minimum atomic E-state index is -0.927. The summed E-state index contributed by atoms with van der Waals surface area (Å²) in [6.45, 7) is 8.24. The van der Waals surface area contributed by atoms with Gasteiger partial charge < -0.3 is 19.7 Å². The number of aliphatic hydroxyl groups is 2. The van der Waals surface area contributed by atoms with E-state index in [0.29, 0.717) is 35.1 Å². The number of halogens is 1. The number of hydrogen-bond acceptors (Lipinski definition) is 7. The molecule has 7 rings (SSSR count). The molecule has 220 valence electrons. The average molecular weight is 566 g/mol. The van der Waals surface area contributed by atoms with Crippen LogP contribution in [0.2, 0.25) is 0 Å². The van der Waals surface area contributed by atoms with Crippen molar-refractivity contribution in [2.24, 2.45) is 40.4 Å². The Balaban J connectivity index is 1.18. The Hall–Kier alpha value is -2.42. The first-order valence-electron chi connectivity index (χ1n) is 15.2. The molecule has 0 radical (unpaired) electrons. The van der Waals surface area contributed by atoms with E-state index in [-0.39, 0.29) is 47.8 Å². The number of Topliss-reactive ketones (excluding diaryl/α,β-unsaturated/α-hetero) is 1. The summed E-state index contributed by atoms with van der Waals surface area (Å²) in [6.07, 6.45) is 6.79. The Bertz CT molecular complexity index is 1370. The summed E-state index contributed by atoms with van der Waals surface area (Å²) in [5.74, 6) is 0.377. The zero-order chi connectivity index (χ0) is 29.1. The summed E-state index contributed by atoms with van der Waals surface area (Å²) in [6, 6.07) is 2.81. The number of carbonyl (C=O) groups is 2. The molecule has 2 N–H and O–H groups in total. The molecule has 0 aromatic carbocycles. The number of cyclic esters (lactones) is 1. The van der Waals surface area contributed by atoms with E-state index in [1.54, 1.807) is 6.08 Å². The van der Waals surface area contributed by atoms with E-state index in [9.17, 15) is 24.2 Å². The number of ether oxygens (including phenoxy) is 2. The van der Waals surface area contributed by atoms with E-state index in [2.05, 4.69) is 18.8 Å². The predicted molar refractivity (Wildman–Crippen MR) is 147 cm³/mol. The molecule has 6 aliphatic rings. The molecule has 2 aliphatic heterocycles. The number of esters is 1. The zero-order valence-corrected chi connectivity index (χ0v) is 24.2. The monoisotopic (exact) mass is 565 g/mol. The maximum absolute atomic E-state index is 14.4.